The van der Waals surface area contributed by atoms with Gasteiger partial charge in [0.25, 0.3) is 0 Å². The Morgan fingerprint density at radius 2 is 1.92 bits per heavy atom. The number of hydrogen-bond acceptors (Lipinski definition) is 9. The van der Waals surface area contributed by atoms with Crippen molar-refractivity contribution in [3.05, 3.63) is 69.9 Å². The minimum absolute atomic E-state index is 0.00284. The van der Waals surface area contributed by atoms with Crippen LogP contribution in [0.4, 0.5) is 0 Å². The van der Waals surface area contributed by atoms with Gasteiger partial charge in [-0.05, 0) is 58.3 Å². The number of Topliss-reactive ketones (excluding diaryl/α,β-unsaturated/α-hetero) is 2. The van der Waals surface area contributed by atoms with Crippen LogP contribution in [0.3, 0.4) is 0 Å². The van der Waals surface area contributed by atoms with Crippen molar-refractivity contribution in [1.29, 1.82) is 0 Å². The van der Waals surface area contributed by atoms with Gasteiger partial charge in [0.15, 0.2) is 17.3 Å². The fourth-order valence-corrected chi connectivity index (χ4v) is 5.82. The third-order valence-electron chi connectivity index (χ3n) is 7.50. The molecule has 3 aromatic rings. The van der Waals surface area contributed by atoms with Gasteiger partial charge >= 0.3 is 0 Å². The van der Waals surface area contributed by atoms with Crippen LogP contribution in [-0.2, 0) is 15.0 Å². The number of nitrogens with zero attached hydrogens (tertiary/aromatic N) is 1. The number of ketones is 3. The number of carbonyl (C=O) groups is 3. The highest BCUT2D eigenvalue weighted by Crippen LogP contribution is 2.57. The number of nitrogens with one attached hydrogen (secondary N) is 2. The summed E-state index contributed by atoms with van der Waals surface area (Å²) in [7, 11) is 0. The van der Waals surface area contributed by atoms with Crippen LogP contribution >= 0.6 is 11.8 Å². The molecule has 2 aromatic carbocycles. The molecule has 2 aliphatic rings. The molecular formula is C29H29N3O6S. The third kappa shape index (κ3) is 4.01. The van der Waals surface area contributed by atoms with E-state index in [-0.39, 0.29) is 45.6 Å². The molecule has 39 heavy (non-hydrogen) atoms. The summed E-state index contributed by atoms with van der Waals surface area (Å²) in [5.41, 5.74) is 0.399. The summed E-state index contributed by atoms with van der Waals surface area (Å²) in [6.07, 6.45) is 3.90. The number of phenols is 2. The second kappa shape index (κ2) is 9.60. The molecule has 0 bridgehead atoms. The minimum atomic E-state index is -1.57. The average molecular weight is 548 g/mol. The van der Waals surface area contributed by atoms with Crippen LogP contribution in [0, 0.1) is 6.92 Å². The van der Waals surface area contributed by atoms with Gasteiger partial charge in [0.1, 0.15) is 39.8 Å². The minimum Gasteiger partial charge on any atom is -0.507 e. The number of allylic oxidation sites excluding steroid dienone is 4. The van der Waals surface area contributed by atoms with Crippen molar-refractivity contribution in [2.24, 2.45) is 0 Å². The highest BCUT2D eigenvalue weighted by atomic mass is 32.2. The monoisotopic (exact) mass is 547 g/mol. The van der Waals surface area contributed by atoms with Crippen LogP contribution in [0.15, 0.2) is 47.4 Å². The van der Waals surface area contributed by atoms with Crippen LogP contribution in [0.2, 0.25) is 0 Å². The molecule has 0 saturated heterocycles. The van der Waals surface area contributed by atoms with Crippen molar-refractivity contribution in [3.63, 3.8) is 0 Å². The molecule has 0 saturated carbocycles. The van der Waals surface area contributed by atoms with Gasteiger partial charge in [0.2, 0.25) is 0 Å². The van der Waals surface area contributed by atoms with E-state index < -0.39 is 28.5 Å². The fourth-order valence-electron chi connectivity index (χ4n) is 5.35. The number of fused-ring (bicyclic) bond motifs is 4. The Labute approximate surface area is 229 Å². The quantitative estimate of drug-likeness (QED) is 0.191. The number of carbonyl (C=O) groups excluding carboxylic acids is 3. The first-order valence-electron chi connectivity index (χ1n) is 12.5. The number of aromatic nitrogens is 2. The smallest absolute Gasteiger partial charge is 0.194 e. The fraction of sp³-hybridized carbons (Fsp3) is 0.310. The standard InChI is InChI=1S/C29H29N3O6S/c1-13-24(35)22(15(3)33)26-23(25(13)36)29(4)20(38-26)12-19(34)21(27(29)37)14(2)30-18(10-11-39-5)28-31-16-8-6-7-9-17(16)32-28/h6-9,12,18,30,35-36H,10-11H2,1-5H3,(H,31,32)/t18-,29-/m0/s1. The summed E-state index contributed by atoms with van der Waals surface area (Å²) in [5, 5.41) is 24.9. The Bertz CT molecular complexity index is 1600. The normalized spacial score (nSPS) is 20.3. The molecular weight excluding hydrogens is 518 g/mol. The maximum atomic E-state index is 14.1. The summed E-state index contributed by atoms with van der Waals surface area (Å²) < 4.78 is 5.85. The lowest BCUT2D eigenvalue weighted by molar-refractivity contribution is -0.123. The summed E-state index contributed by atoms with van der Waals surface area (Å²) in [5.74, 6) is -1.000. The van der Waals surface area contributed by atoms with Gasteiger partial charge < -0.3 is 25.3 Å². The van der Waals surface area contributed by atoms with Gasteiger partial charge in [-0.3, -0.25) is 14.4 Å². The highest BCUT2D eigenvalue weighted by Gasteiger charge is 2.56. The van der Waals surface area contributed by atoms with Crippen LogP contribution in [0.1, 0.15) is 60.5 Å². The summed E-state index contributed by atoms with van der Waals surface area (Å²) in [6, 6.07) is 7.36. The molecule has 1 aromatic heterocycles. The van der Waals surface area contributed by atoms with Gasteiger partial charge in [-0.25, -0.2) is 4.98 Å². The van der Waals surface area contributed by atoms with Crippen molar-refractivity contribution >= 4 is 40.1 Å². The lowest BCUT2D eigenvalue weighted by atomic mass is 9.70. The van der Waals surface area contributed by atoms with E-state index in [1.54, 1.807) is 25.6 Å². The number of aromatic hydroxyl groups is 2. The number of phenolic OH excluding ortho intramolecular Hbond substituents is 2. The number of H-pyrrole nitrogens is 1. The van der Waals surface area contributed by atoms with E-state index in [2.05, 4.69) is 10.3 Å². The number of imidazole rings is 1. The molecule has 202 valence electrons. The molecule has 1 aliphatic heterocycles. The van der Waals surface area contributed by atoms with Crippen LogP contribution in [0.25, 0.3) is 11.0 Å². The molecule has 9 nitrogen and oxygen atoms in total. The zero-order chi connectivity index (χ0) is 28.2. The Morgan fingerprint density at radius 1 is 1.21 bits per heavy atom. The van der Waals surface area contributed by atoms with E-state index in [0.717, 1.165) is 16.8 Å². The SMILES string of the molecule is CSCC[C@H](NC(C)=C1C(=O)C=C2Oc3c(C(C)=O)c(O)c(C)c(O)c3[C@@]2(C)C1=O)c1nc2ccccc2[nH]1. The van der Waals surface area contributed by atoms with Gasteiger partial charge in [-0.1, -0.05) is 12.1 Å². The number of ether oxygens (including phenoxy) is 1. The lowest BCUT2D eigenvalue weighted by Crippen LogP contribution is -2.41. The van der Waals surface area contributed by atoms with Crippen molar-refractivity contribution in [2.75, 3.05) is 12.0 Å². The van der Waals surface area contributed by atoms with Gasteiger partial charge in [-0.15, -0.1) is 0 Å². The Morgan fingerprint density at radius 3 is 2.59 bits per heavy atom. The molecule has 4 N–H and O–H groups in total. The zero-order valence-corrected chi connectivity index (χ0v) is 23.1. The van der Waals surface area contributed by atoms with Crippen molar-refractivity contribution in [1.82, 2.24) is 15.3 Å². The Balaban J connectivity index is 1.60. The Kier molecular flexibility index (Phi) is 6.54. The number of rotatable bonds is 7. The van der Waals surface area contributed by atoms with Crippen molar-refractivity contribution in [2.45, 2.75) is 45.6 Å². The van der Waals surface area contributed by atoms with Crippen LogP contribution in [0.5, 0.6) is 17.2 Å². The van der Waals surface area contributed by atoms with Crippen LogP contribution < -0.4 is 10.1 Å². The second-order valence-corrected chi connectivity index (χ2v) is 11.0. The van der Waals surface area contributed by atoms with E-state index in [9.17, 15) is 24.6 Å². The maximum absolute atomic E-state index is 14.1. The van der Waals surface area contributed by atoms with E-state index in [1.807, 2.05) is 30.5 Å². The average Bonchev–Trinajstić information content (AvgIpc) is 3.44. The Hall–Kier alpha value is -4.05. The summed E-state index contributed by atoms with van der Waals surface area (Å²) in [4.78, 5) is 47.9. The molecule has 0 unspecified atom stereocenters. The topological polar surface area (TPSA) is 142 Å². The molecule has 2 atom stereocenters. The first-order chi connectivity index (χ1) is 18.5. The largest absolute Gasteiger partial charge is 0.507 e. The second-order valence-electron chi connectivity index (χ2n) is 10.0. The molecule has 0 radical (unpaired) electrons. The van der Waals surface area contributed by atoms with Gasteiger partial charge in [0, 0.05) is 17.3 Å². The number of aromatic amines is 1. The molecule has 0 spiro atoms. The first kappa shape index (κ1) is 26.6. The highest BCUT2D eigenvalue weighted by molar-refractivity contribution is 7.98. The molecule has 10 heteroatoms. The van der Waals surface area contributed by atoms with Crippen molar-refractivity contribution < 1.29 is 29.3 Å². The maximum Gasteiger partial charge on any atom is 0.194 e. The van der Waals surface area contributed by atoms with E-state index in [4.69, 9.17) is 9.72 Å². The predicted molar refractivity (Wildman–Crippen MR) is 148 cm³/mol. The number of thioether (sulfide) groups is 1. The summed E-state index contributed by atoms with van der Waals surface area (Å²) >= 11 is 1.67. The van der Waals surface area contributed by atoms with Crippen molar-refractivity contribution in [3.8, 4) is 17.2 Å². The first-order valence-corrected chi connectivity index (χ1v) is 13.9. The lowest BCUT2D eigenvalue weighted by Gasteiger charge is -2.29. The number of hydrogen-bond donors (Lipinski definition) is 4. The predicted octanol–water partition coefficient (Wildman–Crippen LogP) is 4.53. The van der Waals surface area contributed by atoms with E-state index in [0.29, 0.717) is 17.9 Å². The van der Waals surface area contributed by atoms with E-state index >= 15 is 0 Å². The van der Waals surface area contributed by atoms with Gasteiger partial charge in [-0.2, -0.15) is 11.8 Å². The summed E-state index contributed by atoms with van der Waals surface area (Å²) in [6.45, 7) is 5.93. The molecule has 1 aliphatic carbocycles. The number of para-hydroxylation sites is 2. The van der Waals surface area contributed by atoms with Crippen LogP contribution in [-0.4, -0.2) is 49.5 Å². The van der Waals surface area contributed by atoms with E-state index in [1.165, 1.54) is 19.9 Å². The molecule has 2 heterocycles. The number of benzene rings is 2. The molecule has 5 rings (SSSR count). The third-order valence-corrected chi connectivity index (χ3v) is 8.14. The molecule has 0 amide bonds. The zero-order valence-electron chi connectivity index (χ0n) is 22.3. The molecule has 0 fully saturated rings. The van der Waals surface area contributed by atoms with Gasteiger partial charge in [0.05, 0.1) is 28.2 Å².